The van der Waals surface area contributed by atoms with Gasteiger partial charge >= 0.3 is 0 Å². The molecule has 0 atom stereocenters. The first-order chi connectivity index (χ1) is 28.8. The second-order valence-electron chi connectivity index (χ2n) is 14.9. The van der Waals surface area contributed by atoms with Gasteiger partial charge in [0.05, 0.1) is 0 Å². The Hall–Kier alpha value is -7.26. The predicted molar refractivity (Wildman–Crippen MR) is 251 cm³/mol. The average molecular weight is 756 g/mol. The van der Waals surface area contributed by atoms with Gasteiger partial charge in [-0.1, -0.05) is 212 Å². The first kappa shape index (κ1) is 35.2. The number of anilines is 3. The average Bonchev–Trinajstić information content (AvgIpc) is 3.31. The van der Waals surface area contributed by atoms with E-state index < -0.39 is 8.07 Å². The summed E-state index contributed by atoms with van der Waals surface area (Å²) in [6.07, 6.45) is 0. The maximum absolute atomic E-state index is 2.59. The Morgan fingerprint density at radius 3 is 1.12 bits per heavy atom. The number of hydrogen-bond donors (Lipinski definition) is 0. The molecule has 0 radical (unpaired) electrons. The molecule has 0 amide bonds. The minimum absolute atomic E-state index is 1.11. The Labute approximate surface area is 341 Å². The molecular formula is C56H41NSi. The van der Waals surface area contributed by atoms with Gasteiger partial charge in [-0.05, 0) is 101 Å². The Morgan fingerprint density at radius 1 is 0.241 bits per heavy atom. The maximum atomic E-state index is 2.38. The summed E-state index contributed by atoms with van der Waals surface area (Å²) < 4.78 is 0. The van der Waals surface area contributed by atoms with Gasteiger partial charge in [-0.15, -0.1) is 0 Å². The van der Waals surface area contributed by atoms with Gasteiger partial charge < -0.3 is 4.90 Å². The number of fused-ring (bicyclic) bond motifs is 3. The van der Waals surface area contributed by atoms with Crippen molar-refractivity contribution < 1.29 is 0 Å². The summed E-state index contributed by atoms with van der Waals surface area (Å²) in [7, 11) is -2.59. The third-order valence-corrected chi connectivity index (χ3v) is 16.4. The molecule has 0 heterocycles. The number of benzene rings is 10. The van der Waals surface area contributed by atoms with E-state index in [4.69, 9.17) is 0 Å². The molecule has 0 aliphatic heterocycles. The molecule has 0 unspecified atom stereocenters. The quantitative estimate of drug-likeness (QED) is 0.0806. The molecule has 0 fully saturated rings. The molecule has 0 aliphatic rings. The normalized spacial score (nSPS) is 11.4. The molecule has 10 rings (SSSR count). The highest BCUT2D eigenvalue weighted by Gasteiger charge is 2.41. The standard InChI is InChI=1S/C56H41NSi/c1-5-15-42(16-6-1)43-27-33-48(34-28-43)57(50-37-40-56-47(41-50)26-25-46-17-13-14-24-55(46)56)49-35-29-44(30-36-49)45-31-38-54(39-32-45)58(51-18-7-2-8-19-51,52-20-9-3-10-21-52)53-22-11-4-12-23-53/h1-41H. The van der Waals surface area contributed by atoms with Crippen LogP contribution in [0.3, 0.4) is 0 Å². The SMILES string of the molecule is c1ccc(-c2ccc(N(c3ccc(-c4ccc([Si](c5ccccc5)(c5ccccc5)c5ccccc5)cc4)cc3)c3ccc4c(ccc5ccccc54)c3)cc2)cc1. The van der Waals surface area contributed by atoms with Gasteiger partial charge in [0, 0.05) is 17.1 Å². The van der Waals surface area contributed by atoms with E-state index in [2.05, 4.69) is 254 Å². The lowest BCUT2D eigenvalue weighted by atomic mass is 10.0. The van der Waals surface area contributed by atoms with Crippen LogP contribution in [0.1, 0.15) is 0 Å². The minimum Gasteiger partial charge on any atom is -0.310 e. The van der Waals surface area contributed by atoms with E-state index in [0.717, 1.165) is 17.1 Å². The van der Waals surface area contributed by atoms with Crippen molar-refractivity contribution in [3.8, 4) is 22.3 Å². The predicted octanol–water partition coefficient (Wildman–Crippen LogP) is 12.2. The van der Waals surface area contributed by atoms with Crippen molar-refractivity contribution in [2.45, 2.75) is 0 Å². The van der Waals surface area contributed by atoms with Crippen molar-refractivity contribution in [1.29, 1.82) is 0 Å². The van der Waals surface area contributed by atoms with Gasteiger partial charge in [0.15, 0.2) is 8.07 Å². The number of rotatable bonds is 9. The highest BCUT2D eigenvalue weighted by molar-refractivity contribution is 7.19. The maximum Gasteiger partial charge on any atom is 0.179 e. The lowest BCUT2D eigenvalue weighted by Gasteiger charge is -2.34. The lowest BCUT2D eigenvalue weighted by molar-refractivity contribution is 1.29. The van der Waals surface area contributed by atoms with E-state index in [1.54, 1.807) is 0 Å². The van der Waals surface area contributed by atoms with Crippen LogP contribution in [0.5, 0.6) is 0 Å². The fourth-order valence-electron chi connectivity index (χ4n) is 8.80. The number of nitrogens with zero attached hydrogens (tertiary/aromatic N) is 1. The summed E-state index contributed by atoms with van der Waals surface area (Å²) in [5, 5.41) is 10.5. The molecule has 274 valence electrons. The van der Waals surface area contributed by atoms with Gasteiger partial charge in [-0.25, -0.2) is 0 Å². The van der Waals surface area contributed by atoms with E-state index in [-0.39, 0.29) is 0 Å². The molecule has 10 aromatic carbocycles. The molecule has 2 heteroatoms. The van der Waals surface area contributed by atoms with E-state index in [0.29, 0.717) is 0 Å². The highest BCUT2D eigenvalue weighted by atomic mass is 28.3. The Kier molecular flexibility index (Phi) is 9.31. The third kappa shape index (κ3) is 6.40. The van der Waals surface area contributed by atoms with Gasteiger partial charge in [0.2, 0.25) is 0 Å². The first-order valence-corrected chi connectivity index (χ1v) is 22.0. The number of hydrogen-bond acceptors (Lipinski definition) is 1. The van der Waals surface area contributed by atoms with E-state index >= 15 is 0 Å². The van der Waals surface area contributed by atoms with E-state index in [1.165, 1.54) is 64.5 Å². The van der Waals surface area contributed by atoms with Crippen LogP contribution < -0.4 is 25.6 Å². The van der Waals surface area contributed by atoms with Crippen LogP contribution >= 0.6 is 0 Å². The van der Waals surface area contributed by atoms with Crippen LogP contribution in [-0.4, -0.2) is 8.07 Å². The van der Waals surface area contributed by atoms with Crippen LogP contribution in [0, 0.1) is 0 Å². The molecule has 0 N–H and O–H groups in total. The summed E-state index contributed by atoms with van der Waals surface area (Å²) in [4.78, 5) is 2.37. The second-order valence-corrected chi connectivity index (χ2v) is 18.7. The minimum atomic E-state index is -2.59. The van der Waals surface area contributed by atoms with Crippen LogP contribution in [0.4, 0.5) is 17.1 Å². The Balaban J connectivity index is 1.04. The zero-order valence-electron chi connectivity index (χ0n) is 32.1. The van der Waals surface area contributed by atoms with Crippen molar-refractivity contribution in [2.24, 2.45) is 0 Å². The topological polar surface area (TPSA) is 3.24 Å². The Morgan fingerprint density at radius 2 is 0.603 bits per heavy atom. The molecule has 0 spiro atoms. The van der Waals surface area contributed by atoms with Crippen LogP contribution in [-0.2, 0) is 0 Å². The van der Waals surface area contributed by atoms with Crippen molar-refractivity contribution in [2.75, 3.05) is 4.90 Å². The summed E-state index contributed by atoms with van der Waals surface area (Å²) in [6, 6.07) is 91.3. The fraction of sp³-hybridized carbons (Fsp3) is 0. The zero-order valence-corrected chi connectivity index (χ0v) is 33.1. The fourth-order valence-corrected chi connectivity index (χ4v) is 13.5. The van der Waals surface area contributed by atoms with Crippen LogP contribution in [0.15, 0.2) is 249 Å². The molecule has 0 aromatic heterocycles. The summed E-state index contributed by atoms with van der Waals surface area (Å²) in [5.41, 5.74) is 8.14. The van der Waals surface area contributed by atoms with Crippen molar-refractivity contribution in [3.63, 3.8) is 0 Å². The van der Waals surface area contributed by atoms with E-state index in [9.17, 15) is 0 Å². The summed E-state index contributed by atoms with van der Waals surface area (Å²) >= 11 is 0. The monoisotopic (exact) mass is 755 g/mol. The Bertz CT molecular complexity index is 2850. The molecule has 1 nitrogen and oxygen atoms in total. The lowest BCUT2D eigenvalue weighted by Crippen LogP contribution is -2.74. The first-order valence-electron chi connectivity index (χ1n) is 20.0. The molecule has 0 bridgehead atoms. The van der Waals surface area contributed by atoms with Crippen molar-refractivity contribution in [3.05, 3.63) is 249 Å². The van der Waals surface area contributed by atoms with Gasteiger partial charge in [-0.2, -0.15) is 0 Å². The largest absolute Gasteiger partial charge is 0.310 e. The smallest absolute Gasteiger partial charge is 0.179 e. The molecule has 0 aliphatic carbocycles. The van der Waals surface area contributed by atoms with Gasteiger partial charge in [0.25, 0.3) is 0 Å². The van der Waals surface area contributed by atoms with Crippen molar-refractivity contribution >= 4 is 67.4 Å². The third-order valence-electron chi connectivity index (χ3n) is 11.6. The molecular weight excluding hydrogens is 715 g/mol. The molecule has 0 saturated carbocycles. The van der Waals surface area contributed by atoms with Gasteiger partial charge in [-0.3, -0.25) is 0 Å². The molecule has 58 heavy (non-hydrogen) atoms. The van der Waals surface area contributed by atoms with E-state index in [1.807, 2.05) is 0 Å². The molecule has 0 saturated heterocycles. The zero-order chi connectivity index (χ0) is 38.7. The van der Waals surface area contributed by atoms with Crippen molar-refractivity contribution in [1.82, 2.24) is 0 Å². The molecule has 10 aromatic rings. The summed E-state index contributed by atoms with van der Waals surface area (Å²) in [5.74, 6) is 0. The second kappa shape index (κ2) is 15.3. The summed E-state index contributed by atoms with van der Waals surface area (Å²) in [6.45, 7) is 0. The van der Waals surface area contributed by atoms with Crippen LogP contribution in [0.25, 0.3) is 43.8 Å². The highest BCUT2D eigenvalue weighted by Crippen LogP contribution is 2.39. The van der Waals surface area contributed by atoms with Crippen LogP contribution in [0.2, 0.25) is 0 Å². The van der Waals surface area contributed by atoms with Gasteiger partial charge in [0.1, 0.15) is 0 Å².